The second-order valence-corrected chi connectivity index (χ2v) is 7.91. The number of hydrogen-bond acceptors (Lipinski definition) is 5. The van der Waals surface area contributed by atoms with E-state index in [4.69, 9.17) is 5.11 Å². The van der Waals surface area contributed by atoms with Gasteiger partial charge in [-0.2, -0.15) is 5.10 Å². The van der Waals surface area contributed by atoms with Gasteiger partial charge in [0.1, 0.15) is 5.01 Å². The van der Waals surface area contributed by atoms with Gasteiger partial charge in [0.05, 0.1) is 18.8 Å². The number of piperidine rings is 1. The van der Waals surface area contributed by atoms with E-state index < -0.39 is 0 Å². The third-order valence-electron chi connectivity index (χ3n) is 4.87. The molecule has 5 nitrogen and oxygen atoms in total. The minimum absolute atomic E-state index is 0.132. The molecule has 0 amide bonds. The minimum atomic E-state index is 0.132. The molecule has 1 aromatic carbocycles. The van der Waals surface area contributed by atoms with Gasteiger partial charge >= 0.3 is 0 Å². The van der Waals surface area contributed by atoms with Crippen LogP contribution in [0.25, 0.3) is 10.6 Å². The summed E-state index contributed by atoms with van der Waals surface area (Å²) in [5, 5.41) is 14.8. The standard InChI is InChI=1S/C20H24N4OS/c25-12-11-24-10-8-19(22-24)17-7-4-9-23(14-17)15-18-13-21-20(26-18)16-5-2-1-3-6-16/h1-3,5-6,8,10,13,17,25H,4,7,9,11-12,14-15H2. The Kier molecular flexibility index (Phi) is 5.43. The Labute approximate surface area is 157 Å². The zero-order valence-corrected chi connectivity index (χ0v) is 15.6. The lowest BCUT2D eigenvalue weighted by atomic mass is 9.95. The van der Waals surface area contributed by atoms with Gasteiger partial charge in [0.2, 0.25) is 0 Å². The van der Waals surface area contributed by atoms with E-state index in [2.05, 4.69) is 45.3 Å². The first-order valence-electron chi connectivity index (χ1n) is 9.18. The van der Waals surface area contributed by atoms with Crippen molar-refractivity contribution in [3.05, 3.63) is 59.4 Å². The van der Waals surface area contributed by atoms with E-state index in [0.29, 0.717) is 12.5 Å². The Morgan fingerprint density at radius 3 is 2.92 bits per heavy atom. The predicted octanol–water partition coefficient (Wildman–Crippen LogP) is 3.38. The third-order valence-corrected chi connectivity index (χ3v) is 5.90. The number of rotatable bonds is 6. The maximum Gasteiger partial charge on any atom is 0.123 e. The van der Waals surface area contributed by atoms with Crippen LogP contribution in [0.4, 0.5) is 0 Å². The lowest BCUT2D eigenvalue weighted by molar-refractivity contribution is 0.199. The molecule has 1 aliphatic heterocycles. The van der Waals surface area contributed by atoms with Crippen molar-refractivity contribution in [2.45, 2.75) is 31.8 Å². The van der Waals surface area contributed by atoms with Crippen LogP contribution < -0.4 is 0 Å². The number of aliphatic hydroxyl groups is 1. The van der Waals surface area contributed by atoms with E-state index in [1.165, 1.54) is 23.3 Å². The van der Waals surface area contributed by atoms with Crippen LogP contribution in [-0.4, -0.2) is 44.5 Å². The summed E-state index contributed by atoms with van der Waals surface area (Å²) in [4.78, 5) is 8.44. The quantitative estimate of drug-likeness (QED) is 0.725. The molecule has 1 saturated heterocycles. The summed E-state index contributed by atoms with van der Waals surface area (Å²) in [6, 6.07) is 12.5. The van der Waals surface area contributed by atoms with Crippen molar-refractivity contribution in [2.24, 2.45) is 0 Å². The highest BCUT2D eigenvalue weighted by Crippen LogP contribution is 2.29. The molecule has 0 saturated carbocycles. The first-order valence-corrected chi connectivity index (χ1v) is 10.00. The number of hydrogen-bond donors (Lipinski definition) is 1. The van der Waals surface area contributed by atoms with Crippen LogP contribution in [0.1, 0.15) is 29.3 Å². The molecule has 0 aliphatic carbocycles. The van der Waals surface area contributed by atoms with E-state index in [-0.39, 0.29) is 6.61 Å². The van der Waals surface area contributed by atoms with Crippen LogP contribution in [0, 0.1) is 0 Å². The van der Waals surface area contributed by atoms with Gasteiger partial charge in [0.25, 0.3) is 0 Å². The van der Waals surface area contributed by atoms with E-state index in [0.717, 1.165) is 30.3 Å². The molecule has 3 aromatic rings. The zero-order chi connectivity index (χ0) is 17.8. The predicted molar refractivity (Wildman–Crippen MR) is 104 cm³/mol. The molecule has 0 radical (unpaired) electrons. The van der Waals surface area contributed by atoms with Crippen LogP contribution in [0.5, 0.6) is 0 Å². The molecule has 4 rings (SSSR count). The number of aromatic nitrogens is 3. The maximum absolute atomic E-state index is 9.06. The first-order chi connectivity index (χ1) is 12.8. The molecular weight excluding hydrogens is 344 g/mol. The van der Waals surface area contributed by atoms with Gasteiger partial charge in [0, 0.05) is 41.8 Å². The highest BCUT2D eigenvalue weighted by atomic mass is 32.1. The highest BCUT2D eigenvalue weighted by molar-refractivity contribution is 7.15. The van der Waals surface area contributed by atoms with E-state index in [1.807, 2.05) is 23.1 Å². The van der Waals surface area contributed by atoms with E-state index in [9.17, 15) is 0 Å². The summed E-state index contributed by atoms with van der Waals surface area (Å²) in [6.07, 6.45) is 6.37. The number of nitrogens with zero attached hydrogens (tertiary/aromatic N) is 4. The maximum atomic E-state index is 9.06. The molecule has 6 heteroatoms. The van der Waals surface area contributed by atoms with Crippen molar-refractivity contribution in [3.63, 3.8) is 0 Å². The Bertz CT molecular complexity index is 829. The van der Waals surface area contributed by atoms with Crippen LogP contribution in [0.3, 0.4) is 0 Å². The average Bonchev–Trinajstić information content (AvgIpc) is 3.33. The van der Waals surface area contributed by atoms with Crippen LogP contribution in [0.15, 0.2) is 48.8 Å². The molecule has 0 spiro atoms. The molecule has 3 heterocycles. The second kappa shape index (κ2) is 8.12. The van der Waals surface area contributed by atoms with Crippen molar-refractivity contribution < 1.29 is 5.11 Å². The second-order valence-electron chi connectivity index (χ2n) is 6.80. The van der Waals surface area contributed by atoms with Crippen molar-refractivity contribution in [2.75, 3.05) is 19.7 Å². The normalized spacial score (nSPS) is 18.3. The first kappa shape index (κ1) is 17.4. The number of thiazole rings is 1. The Balaban J connectivity index is 1.40. The molecule has 1 unspecified atom stereocenters. The van der Waals surface area contributed by atoms with Gasteiger partial charge < -0.3 is 5.11 Å². The van der Waals surface area contributed by atoms with Crippen molar-refractivity contribution in [3.8, 4) is 10.6 Å². The van der Waals surface area contributed by atoms with Gasteiger partial charge in [-0.1, -0.05) is 30.3 Å². The van der Waals surface area contributed by atoms with Crippen molar-refractivity contribution in [1.82, 2.24) is 19.7 Å². The smallest absolute Gasteiger partial charge is 0.123 e. The molecule has 1 fully saturated rings. The topological polar surface area (TPSA) is 54.2 Å². The fourth-order valence-corrected chi connectivity index (χ4v) is 4.54. The summed E-state index contributed by atoms with van der Waals surface area (Å²) >= 11 is 1.79. The molecular formula is C20H24N4OS. The molecule has 1 aliphatic rings. The molecule has 1 atom stereocenters. The summed E-state index contributed by atoms with van der Waals surface area (Å²) in [6.45, 7) is 3.83. The van der Waals surface area contributed by atoms with Gasteiger partial charge in [-0.15, -0.1) is 11.3 Å². The Hall–Kier alpha value is -2.02. The van der Waals surface area contributed by atoms with Crippen molar-refractivity contribution >= 4 is 11.3 Å². The summed E-state index contributed by atoms with van der Waals surface area (Å²) < 4.78 is 1.84. The Morgan fingerprint density at radius 1 is 1.19 bits per heavy atom. The lowest BCUT2D eigenvalue weighted by Gasteiger charge is -2.31. The van der Waals surface area contributed by atoms with Crippen molar-refractivity contribution in [1.29, 1.82) is 0 Å². The van der Waals surface area contributed by atoms with E-state index in [1.54, 1.807) is 11.3 Å². The van der Waals surface area contributed by atoms with Crippen LogP contribution >= 0.6 is 11.3 Å². The Morgan fingerprint density at radius 2 is 2.08 bits per heavy atom. The molecule has 1 N–H and O–H groups in total. The van der Waals surface area contributed by atoms with Gasteiger partial charge in [-0.05, 0) is 25.5 Å². The zero-order valence-electron chi connectivity index (χ0n) is 14.8. The number of benzene rings is 1. The van der Waals surface area contributed by atoms with Gasteiger partial charge in [0.15, 0.2) is 0 Å². The molecule has 136 valence electrons. The monoisotopic (exact) mass is 368 g/mol. The largest absolute Gasteiger partial charge is 0.394 e. The highest BCUT2D eigenvalue weighted by Gasteiger charge is 2.23. The number of aliphatic hydroxyl groups excluding tert-OH is 1. The molecule has 2 aromatic heterocycles. The van der Waals surface area contributed by atoms with Gasteiger partial charge in [-0.3, -0.25) is 9.58 Å². The lowest BCUT2D eigenvalue weighted by Crippen LogP contribution is -2.33. The summed E-state index contributed by atoms with van der Waals surface area (Å²) in [7, 11) is 0. The third kappa shape index (κ3) is 4.03. The number of likely N-dealkylation sites (tertiary alicyclic amines) is 1. The summed E-state index contributed by atoms with van der Waals surface area (Å²) in [5.74, 6) is 0.477. The summed E-state index contributed by atoms with van der Waals surface area (Å²) in [5.41, 5.74) is 2.34. The van der Waals surface area contributed by atoms with Crippen LogP contribution in [-0.2, 0) is 13.1 Å². The van der Waals surface area contributed by atoms with E-state index >= 15 is 0 Å². The SMILES string of the molecule is OCCn1ccc(C2CCCN(Cc3cnc(-c4ccccc4)s3)C2)n1. The van der Waals surface area contributed by atoms with Crippen LogP contribution in [0.2, 0.25) is 0 Å². The fraction of sp³-hybridized carbons (Fsp3) is 0.400. The average molecular weight is 369 g/mol. The molecule has 0 bridgehead atoms. The fourth-order valence-electron chi connectivity index (χ4n) is 3.58. The minimum Gasteiger partial charge on any atom is -0.394 e. The molecule has 26 heavy (non-hydrogen) atoms. The van der Waals surface area contributed by atoms with Gasteiger partial charge in [-0.25, -0.2) is 4.98 Å².